The molecule has 0 aromatic carbocycles. The number of methoxy groups -OCH3 is 2. The van der Waals surface area contributed by atoms with Crippen molar-refractivity contribution in [2.75, 3.05) is 57.8 Å². The van der Waals surface area contributed by atoms with E-state index in [2.05, 4.69) is 34.0 Å². The van der Waals surface area contributed by atoms with Crippen LogP contribution in [0.4, 0.5) is 11.6 Å². The molecule has 6 nitrogen and oxygen atoms in total. The maximum absolute atomic E-state index is 5.23. The van der Waals surface area contributed by atoms with Crippen molar-refractivity contribution in [3.63, 3.8) is 0 Å². The van der Waals surface area contributed by atoms with Gasteiger partial charge in [0.15, 0.2) is 0 Å². The molecule has 0 unspecified atom stereocenters. The van der Waals surface area contributed by atoms with E-state index in [-0.39, 0.29) is 0 Å². The third-order valence-corrected chi connectivity index (χ3v) is 3.32. The summed E-state index contributed by atoms with van der Waals surface area (Å²) in [7, 11) is 5.33. The van der Waals surface area contributed by atoms with E-state index in [0.717, 1.165) is 43.3 Å². The first kappa shape index (κ1) is 17.7. The Bertz CT molecular complexity index is 413. The molecular formula is C15H28N4O2. The van der Waals surface area contributed by atoms with Crippen LogP contribution in [0, 0.1) is 0 Å². The van der Waals surface area contributed by atoms with Crippen LogP contribution in [0.15, 0.2) is 6.33 Å². The van der Waals surface area contributed by atoms with Crippen molar-refractivity contribution in [3.05, 3.63) is 11.9 Å². The summed E-state index contributed by atoms with van der Waals surface area (Å²) >= 11 is 0. The van der Waals surface area contributed by atoms with Crippen molar-refractivity contribution in [2.45, 2.75) is 26.2 Å². The Labute approximate surface area is 127 Å². The molecule has 0 fully saturated rings. The number of anilines is 2. The van der Waals surface area contributed by atoms with Gasteiger partial charge in [-0.25, -0.2) is 9.97 Å². The smallest absolute Gasteiger partial charge is 0.137 e. The molecule has 0 saturated carbocycles. The molecule has 0 radical (unpaired) electrons. The molecule has 21 heavy (non-hydrogen) atoms. The second-order valence-corrected chi connectivity index (χ2v) is 5.19. The van der Waals surface area contributed by atoms with E-state index in [1.165, 1.54) is 0 Å². The molecule has 1 aromatic heterocycles. The van der Waals surface area contributed by atoms with Crippen molar-refractivity contribution in [1.82, 2.24) is 9.97 Å². The standard InChI is InChI=1S/C15H28N4O2/c1-12(2)13-14(16-3)17-11-18-15(13)19(8-10-21-5)7-6-9-20-4/h11-12H,6-10H2,1-5H3,(H,16,17,18). The summed E-state index contributed by atoms with van der Waals surface area (Å²) in [4.78, 5) is 11.1. The Morgan fingerprint density at radius 1 is 1.14 bits per heavy atom. The summed E-state index contributed by atoms with van der Waals surface area (Å²) in [6.45, 7) is 7.42. The van der Waals surface area contributed by atoms with Crippen LogP contribution in [-0.2, 0) is 9.47 Å². The molecule has 1 aromatic rings. The maximum atomic E-state index is 5.23. The van der Waals surface area contributed by atoms with Crippen LogP contribution in [0.2, 0.25) is 0 Å². The summed E-state index contributed by atoms with van der Waals surface area (Å²) < 4.78 is 10.4. The lowest BCUT2D eigenvalue weighted by Gasteiger charge is -2.27. The molecule has 0 amide bonds. The van der Waals surface area contributed by atoms with E-state index >= 15 is 0 Å². The maximum Gasteiger partial charge on any atom is 0.137 e. The van der Waals surface area contributed by atoms with Gasteiger partial charge in [-0.3, -0.25) is 0 Å². The van der Waals surface area contributed by atoms with Crippen molar-refractivity contribution >= 4 is 11.6 Å². The highest BCUT2D eigenvalue weighted by Crippen LogP contribution is 2.30. The van der Waals surface area contributed by atoms with Gasteiger partial charge >= 0.3 is 0 Å². The summed E-state index contributed by atoms with van der Waals surface area (Å²) in [6.07, 6.45) is 2.57. The van der Waals surface area contributed by atoms with E-state index in [1.54, 1.807) is 20.5 Å². The highest BCUT2D eigenvalue weighted by Gasteiger charge is 2.19. The Kier molecular flexibility index (Phi) is 8.00. The second kappa shape index (κ2) is 9.52. The summed E-state index contributed by atoms with van der Waals surface area (Å²) in [6, 6.07) is 0. The van der Waals surface area contributed by atoms with Gasteiger partial charge in [-0.05, 0) is 12.3 Å². The Morgan fingerprint density at radius 2 is 1.86 bits per heavy atom. The minimum atomic E-state index is 0.344. The predicted octanol–water partition coefficient (Wildman–Crippen LogP) is 2.13. The first-order valence-electron chi connectivity index (χ1n) is 7.41. The number of nitrogens with one attached hydrogen (secondary N) is 1. The first-order valence-corrected chi connectivity index (χ1v) is 7.41. The van der Waals surface area contributed by atoms with Gasteiger partial charge in [-0.1, -0.05) is 13.8 Å². The first-order chi connectivity index (χ1) is 10.2. The normalized spacial score (nSPS) is 11.0. The monoisotopic (exact) mass is 296 g/mol. The molecule has 0 aliphatic heterocycles. The SMILES string of the molecule is CNc1ncnc(N(CCCOC)CCOC)c1C(C)C. The molecule has 1 rings (SSSR count). The van der Waals surface area contributed by atoms with Crippen LogP contribution in [0.25, 0.3) is 0 Å². The summed E-state index contributed by atoms with van der Waals surface area (Å²) in [5.74, 6) is 2.22. The van der Waals surface area contributed by atoms with Crippen LogP contribution in [0.3, 0.4) is 0 Å². The average molecular weight is 296 g/mol. The largest absolute Gasteiger partial charge is 0.385 e. The summed E-state index contributed by atoms with van der Waals surface area (Å²) in [5.41, 5.74) is 1.15. The molecule has 0 atom stereocenters. The van der Waals surface area contributed by atoms with Gasteiger partial charge in [-0.15, -0.1) is 0 Å². The minimum absolute atomic E-state index is 0.344. The van der Waals surface area contributed by atoms with Gasteiger partial charge in [0, 0.05) is 46.5 Å². The van der Waals surface area contributed by atoms with E-state index < -0.39 is 0 Å². The minimum Gasteiger partial charge on any atom is -0.385 e. The third-order valence-electron chi connectivity index (χ3n) is 3.32. The predicted molar refractivity (Wildman–Crippen MR) is 86.2 cm³/mol. The van der Waals surface area contributed by atoms with E-state index in [1.807, 2.05) is 7.05 Å². The van der Waals surface area contributed by atoms with Crippen LogP contribution in [-0.4, -0.2) is 57.5 Å². The van der Waals surface area contributed by atoms with Gasteiger partial charge in [0.25, 0.3) is 0 Å². The van der Waals surface area contributed by atoms with Gasteiger partial charge < -0.3 is 19.7 Å². The topological polar surface area (TPSA) is 59.5 Å². The fourth-order valence-electron chi connectivity index (χ4n) is 2.29. The van der Waals surface area contributed by atoms with Crippen LogP contribution in [0.5, 0.6) is 0 Å². The lowest BCUT2D eigenvalue weighted by molar-refractivity contribution is 0.191. The zero-order valence-electron chi connectivity index (χ0n) is 13.8. The molecular weight excluding hydrogens is 268 g/mol. The van der Waals surface area contributed by atoms with E-state index in [4.69, 9.17) is 9.47 Å². The molecule has 0 aliphatic carbocycles. The second-order valence-electron chi connectivity index (χ2n) is 5.19. The number of rotatable bonds is 10. The van der Waals surface area contributed by atoms with Crippen molar-refractivity contribution in [2.24, 2.45) is 0 Å². The molecule has 120 valence electrons. The molecule has 0 bridgehead atoms. The fraction of sp³-hybridized carbons (Fsp3) is 0.733. The van der Waals surface area contributed by atoms with E-state index in [0.29, 0.717) is 12.5 Å². The zero-order chi connectivity index (χ0) is 15.7. The quantitative estimate of drug-likeness (QED) is 0.668. The number of hydrogen-bond acceptors (Lipinski definition) is 6. The highest BCUT2D eigenvalue weighted by atomic mass is 16.5. The van der Waals surface area contributed by atoms with Gasteiger partial charge in [-0.2, -0.15) is 0 Å². The Balaban J connectivity index is 3.03. The highest BCUT2D eigenvalue weighted by molar-refractivity contribution is 5.60. The van der Waals surface area contributed by atoms with E-state index in [9.17, 15) is 0 Å². The number of aromatic nitrogens is 2. The Morgan fingerprint density at radius 3 is 2.43 bits per heavy atom. The van der Waals surface area contributed by atoms with Crippen molar-refractivity contribution in [1.29, 1.82) is 0 Å². The van der Waals surface area contributed by atoms with Crippen LogP contribution in [0.1, 0.15) is 31.7 Å². The molecule has 1 N–H and O–H groups in total. The van der Waals surface area contributed by atoms with Gasteiger partial charge in [0.05, 0.1) is 6.61 Å². The van der Waals surface area contributed by atoms with Crippen LogP contribution < -0.4 is 10.2 Å². The van der Waals surface area contributed by atoms with Crippen molar-refractivity contribution < 1.29 is 9.47 Å². The van der Waals surface area contributed by atoms with Crippen LogP contribution >= 0.6 is 0 Å². The third kappa shape index (κ3) is 5.13. The lowest BCUT2D eigenvalue weighted by Crippen LogP contribution is -2.31. The lowest BCUT2D eigenvalue weighted by atomic mass is 10.0. The number of hydrogen-bond donors (Lipinski definition) is 1. The number of nitrogens with zero attached hydrogens (tertiary/aromatic N) is 3. The molecule has 0 aliphatic rings. The van der Waals surface area contributed by atoms with Gasteiger partial charge in [0.1, 0.15) is 18.0 Å². The molecule has 6 heteroatoms. The molecule has 1 heterocycles. The molecule has 0 spiro atoms. The average Bonchev–Trinajstić information content (AvgIpc) is 2.49. The fourth-order valence-corrected chi connectivity index (χ4v) is 2.29. The zero-order valence-corrected chi connectivity index (χ0v) is 13.8. The number of ether oxygens (including phenoxy) is 2. The van der Waals surface area contributed by atoms with Crippen molar-refractivity contribution in [3.8, 4) is 0 Å². The Hall–Kier alpha value is -1.40. The van der Waals surface area contributed by atoms with Gasteiger partial charge in [0.2, 0.25) is 0 Å². The molecule has 0 saturated heterocycles. The summed E-state index contributed by atoms with van der Waals surface area (Å²) in [5, 5.41) is 3.16.